The summed E-state index contributed by atoms with van der Waals surface area (Å²) in [4.78, 5) is 13.7. The highest BCUT2D eigenvalue weighted by Gasteiger charge is 2.15. The Labute approximate surface area is 151 Å². The zero-order chi connectivity index (χ0) is 17.8. The van der Waals surface area contributed by atoms with E-state index in [2.05, 4.69) is 39.4 Å². The molecule has 4 N–H and O–H groups in total. The molecule has 0 aliphatic heterocycles. The average Bonchev–Trinajstić information content (AvgIpc) is 3.03. The van der Waals surface area contributed by atoms with Gasteiger partial charge in [0.2, 0.25) is 5.95 Å². The van der Waals surface area contributed by atoms with Crippen LogP contribution in [0.4, 0.5) is 17.5 Å². The standard InChI is InChI=1S/C17H22ClN7/c1-3-12(9-19)22-17-23-15(21-13-7-5-6-11(18)8-13)14-16(24-17)25(4-2)10-20-14/h5-8,10,12H,3-4,9,19H2,1-2H3,(H2,21,22,23,24). The molecule has 132 valence electrons. The molecule has 0 saturated heterocycles. The minimum absolute atomic E-state index is 0.120. The van der Waals surface area contributed by atoms with Crippen LogP contribution >= 0.6 is 11.6 Å². The third kappa shape index (κ3) is 3.83. The van der Waals surface area contributed by atoms with Gasteiger partial charge in [-0.2, -0.15) is 9.97 Å². The number of anilines is 3. The molecule has 0 fully saturated rings. The molecule has 2 aromatic heterocycles. The summed E-state index contributed by atoms with van der Waals surface area (Å²) in [6.45, 7) is 5.42. The lowest BCUT2D eigenvalue weighted by Gasteiger charge is -2.16. The maximum atomic E-state index is 6.07. The number of hydrogen-bond acceptors (Lipinski definition) is 6. The van der Waals surface area contributed by atoms with Gasteiger partial charge in [0, 0.05) is 29.8 Å². The van der Waals surface area contributed by atoms with E-state index < -0.39 is 0 Å². The highest BCUT2D eigenvalue weighted by molar-refractivity contribution is 6.30. The molecular formula is C17H22ClN7. The van der Waals surface area contributed by atoms with E-state index in [-0.39, 0.29) is 6.04 Å². The summed E-state index contributed by atoms with van der Waals surface area (Å²) in [5.74, 6) is 1.17. The van der Waals surface area contributed by atoms with Crippen LogP contribution in [0, 0.1) is 0 Å². The molecule has 0 spiro atoms. The van der Waals surface area contributed by atoms with Gasteiger partial charge < -0.3 is 20.9 Å². The number of aryl methyl sites for hydroxylation is 1. The Kier molecular flexibility index (Phi) is 5.35. The number of hydrogen-bond donors (Lipinski definition) is 3. The Morgan fingerprint density at radius 1 is 1.28 bits per heavy atom. The second-order valence-corrected chi connectivity index (χ2v) is 6.16. The second kappa shape index (κ2) is 7.67. The van der Waals surface area contributed by atoms with Gasteiger partial charge in [-0.05, 0) is 31.5 Å². The van der Waals surface area contributed by atoms with Gasteiger partial charge in [0.25, 0.3) is 0 Å². The van der Waals surface area contributed by atoms with Gasteiger partial charge in [-0.3, -0.25) is 0 Å². The minimum atomic E-state index is 0.120. The largest absolute Gasteiger partial charge is 0.350 e. The predicted molar refractivity (Wildman–Crippen MR) is 102 cm³/mol. The Bertz CT molecular complexity index is 857. The summed E-state index contributed by atoms with van der Waals surface area (Å²) in [6, 6.07) is 7.60. The lowest BCUT2D eigenvalue weighted by Crippen LogP contribution is -2.29. The predicted octanol–water partition coefficient (Wildman–Crippen LogP) is 3.39. The van der Waals surface area contributed by atoms with Gasteiger partial charge >= 0.3 is 0 Å². The van der Waals surface area contributed by atoms with Crippen LogP contribution in [-0.4, -0.2) is 32.1 Å². The highest BCUT2D eigenvalue weighted by Crippen LogP contribution is 2.26. The smallest absolute Gasteiger partial charge is 0.227 e. The average molecular weight is 360 g/mol. The van der Waals surface area contributed by atoms with E-state index in [9.17, 15) is 0 Å². The van der Waals surface area contributed by atoms with Gasteiger partial charge in [0.1, 0.15) is 0 Å². The number of imidazole rings is 1. The number of nitrogens with one attached hydrogen (secondary N) is 2. The lowest BCUT2D eigenvalue weighted by molar-refractivity contribution is 0.695. The van der Waals surface area contributed by atoms with Crippen molar-refractivity contribution in [2.75, 3.05) is 17.2 Å². The summed E-state index contributed by atoms with van der Waals surface area (Å²) < 4.78 is 1.98. The summed E-state index contributed by atoms with van der Waals surface area (Å²) >= 11 is 6.07. The first kappa shape index (κ1) is 17.4. The normalized spacial score (nSPS) is 12.3. The number of aromatic nitrogens is 4. The number of nitrogens with two attached hydrogens (primary N) is 1. The molecule has 0 radical (unpaired) electrons. The third-order valence-corrected chi connectivity index (χ3v) is 4.24. The Hall–Kier alpha value is -2.38. The van der Waals surface area contributed by atoms with Crippen LogP contribution in [0.1, 0.15) is 20.3 Å². The van der Waals surface area contributed by atoms with Crippen molar-refractivity contribution < 1.29 is 0 Å². The van der Waals surface area contributed by atoms with E-state index in [0.29, 0.717) is 28.9 Å². The van der Waals surface area contributed by atoms with Crippen molar-refractivity contribution in [3.8, 4) is 0 Å². The van der Waals surface area contributed by atoms with Crippen LogP contribution < -0.4 is 16.4 Å². The summed E-state index contributed by atoms with van der Waals surface area (Å²) in [7, 11) is 0. The third-order valence-electron chi connectivity index (χ3n) is 4.00. The highest BCUT2D eigenvalue weighted by atomic mass is 35.5. The maximum Gasteiger partial charge on any atom is 0.227 e. The molecule has 25 heavy (non-hydrogen) atoms. The number of nitrogens with zero attached hydrogens (tertiary/aromatic N) is 4. The monoisotopic (exact) mass is 359 g/mol. The van der Waals surface area contributed by atoms with E-state index >= 15 is 0 Å². The van der Waals surface area contributed by atoms with Crippen LogP contribution in [0.5, 0.6) is 0 Å². The molecule has 0 amide bonds. The quantitative estimate of drug-likeness (QED) is 0.598. The van der Waals surface area contributed by atoms with Crippen LogP contribution in [0.25, 0.3) is 11.2 Å². The Morgan fingerprint density at radius 3 is 2.80 bits per heavy atom. The molecule has 3 aromatic rings. The van der Waals surface area contributed by atoms with Crippen molar-refractivity contribution in [1.82, 2.24) is 19.5 Å². The fraction of sp³-hybridized carbons (Fsp3) is 0.353. The van der Waals surface area contributed by atoms with Gasteiger partial charge in [-0.25, -0.2) is 4.98 Å². The molecule has 1 atom stereocenters. The molecule has 0 aliphatic rings. The summed E-state index contributed by atoms with van der Waals surface area (Å²) in [5, 5.41) is 7.24. The Balaban J connectivity index is 2.04. The molecule has 8 heteroatoms. The molecule has 2 heterocycles. The number of halogens is 1. The van der Waals surface area contributed by atoms with Crippen LogP contribution in [-0.2, 0) is 6.54 Å². The molecule has 1 aromatic carbocycles. The van der Waals surface area contributed by atoms with Gasteiger partial charge in [0.05, 0.1) is 6.33 Å². The Morgan fingerprint density at radius 2 is 2.12 bits per heavy atom. The van der Waals surface area contributed by atoms with Crippen molar-refractivity contribution >= 4 is 40.2 Å². The first-order chi connectivity index (χ1) is 12.1. The minimum Gasteiger partial charge on any atom is -0.350 e. The number of fused-ring (bicyclic) bond motifs is 1. The fourth-order valence-corrected chi connectivity index (χ4v) is 2.73. The van der Waals surface area contributed by atoms with Gasteiger partial charge in [-0.15, -0.1) is 0 Å². The first-order valence-electron chi connectivity index (χ1n) is 8.36. The molecule has 1 unspecified atom stereocenters. The topological polar surface area (TPSA) is 93.7 Å². The van der Waals surface area contributed by atoms with Gasteiger partial charge in [-0.1, -0.05) is 24.6 Å². The lowest BCUT2D eigenvalue weighted by atomic mass is 10.2. The van der Waals surface area contributed by atoms with E-state index in [1.54, 1.807) is 6.33 Å². The fourth-order valence-electron chi connectivity index (χ4n) is 2.54. The second-order valence-electron chi connectivity index (χ2n) is 5.72. The van der Waals surface area contributed by atoms with E-state index in [1.165, 1.54) is 0 Å². The van der Waals surface area contributed by atoms with Crippen molar-refractivity contribution in [3.63, 3.8) is 0 Å². The summed E-state index contributed by atoms with van der Waals surface area (Å²) in [6.07, 6.45) is 2.66. The SMILES string of the molecule is CCC(CN)Nc1nc(Nc2cccc(Cl)c2)c2ncn(CC)c2n1. The molecule has 7 nitrogen and oxygen atoms in total. The first-order valence-corrected chi connectivity index (χ1v) is 8.74. The zero-order valence-electron chi connectivity index (χ0n) is 14.3. The summed E-state index contributed by atoms with van der Waals surface area (Å²) in [5.41, 5.74) is 8.13. The molecular weight excluding hydrogens is 338 g/mol. The van der Waals surface area contributed by atoms with Crippen LogP contribution in [0.2, 0.25) is 5.02 Å². The maximum absolute atomic E-state index is 6.07. The van der Waals surface area contributed by atoms with Crippen molar-refractivity contribution in [2.24, 2.45) is 5.73 Å². The molecule has 0 bridgehead atoms. The number of rotatable bonds is 7. The molecule has 0 aliphatic carbocycles. The molecule has 3 rings (SSSR count). The van der Waals surface area contributed by atoms with E-state index in [4.69, 9.17) is 17.3 Å². The number of benzene rings is 1. The molecule has 0 saturated carbocycles. The van der Waals surface area contributed by atoms with Crippen molar-refractivity contribution in [2.45, 2.75) is 32.9 Å². The van der Waals surface area contributed by atoms with Crippen LogP contribution in [0.15, 0.2) is 30.6 Å². The van der Waals surface area contributed by atoms with Crippen molar-refractivity contribution in [1.29, 1.82) is 0 Å². The van der Waals surface area contributed by atoms with E-state index in [1.807, 2.05) is 28.8 Å². The van der Waals surface area contributed by atoms with Crippen molar-refractivity contribution in [3.05, 3.63) is 35.6 Å². The van der Waals surface area contributed by atoms with Gasteiger partial charge in [0.15, 0.2) is 17.0 Å². The zero-order valence-corrected chi connectivity index (χ0v) is 15.1. The van der Waals surface area contributed by atoms with Crippen LogP contribution in [0.3, 0.4) is 0 Å². The van der Waals surface area contributed by atoms with E-state index in [0.717, 1.165) is 24.3 Å².